The molecule has 0 radical (unpaired) electrons. The average Bonchev–Trinajstić information content (AvgIpc) is 3.08. The van der Waals surface area contributed by atoms with Crippen molar-refractivity contribution in [2.45, 2.75) is 44.4 Å². The van der Waals surface area contributed by atoms with Gasteiger partial charge in [-0.1, -0.05) is 0 Å². The number of carbonyl (C=O) groups is 1. The summed E-state index contributed by atoms with van der Waals surface area (Å²) < 4.78 is 16.6. The molecule has 5 heteroatoms. The second kappa shape index (κ2) is 5.22. The molecule has 1 spiro atoms. The Morgan fingerprint density at radius 3 is 2.50 bits per heavy atom. The number of furan rings is 1. The molecule has 20 heavy (non-hydrogen) atoms. The van der Waals surface area contributed by atoms with Crippen LogP contribution in [-0.2, 0) is 9.47 Å². The Balaban J connectivity index is 1.61. The van der Waals surface area contributed by atoms with Crippen LogP contribution < -0.4 is 0 Å². The van der Waals surface area contributed by atoms with E-state index in [1.54, 1.807) is 6.07 Å². The maximum Gasteiger partial charge on any atom is 0.257 e. The minimum absolute atomic E-state index is 0.0241. The van der Waals surface area contributed by atoms with Gasteiger partial charge in [-0.05, 0) is 25.8 Å². The lowest BCUT2D eigenvalue weighted by atomic mass is 9.89. The lowest BCUT2D eigenvalue weighted by Gasteiger charge is -2.38. The number of amides is 1. The summed E-state index contributed by atoms with van der Waals surface area (Å²) in [4.78, 5) is 14.2. The summed E-state index contributed by atoms with van der Waals surface area (Å²) in [5.41, 5.74) is 0.624. The van der Waals surface area contributed by atoms with Gasteiger partial charge in [0.15, 0.2) is 5.79 Å². The molecule has 110 valence electrons. The third-order valence-electron chi connectivity index (χ3n) is 4.38. The van der Waals surface area contributed by atoms with Crippen LogP contribution in [0.15, 0.2) is 16.7 Å². The summed E-state index contributed by atoms with van der Waals surface area (Å²) in [6, 6.07) is 2.03. The van der Waals surface area contributed by atoms with E-state index < -0.39 is 0 Å². The van der Waals surface area contributed by atoms with Gasteiger partial charge in [0.2, 0.25) is 0 Å². The van der Waals surface area contributed by atoms with E-state index in [1.165, 1.54) is 6.26 Å². The van der Waals surface area contributed by atoms with E-state index in [9.17, 15) is 4.79 Å². The molecule has 0 atom stereocenters. The zero-order valence-electron chi connectivity index (χ0n) is 12.1. The molecule has 1 aliphatic heterocycles. The molecule has 2 fully saturated rings. The molecular weight excluding hydrogens is 258 g/mol. The molecule has 2 heterocycles. The highest BCUT2D eigenvalue weighted by Crippen LogP contribution is 2.37. The highest BCUT2D eigenvalue weighted by Gasteiger charge is 2.41. The van der Waals surface area contributed by atoms with Crippen molar-refractivity contribution < 1.29 is 18.7 Å². The van der Waals surface area contributed by atoms with Crippen molar-refractivity contribution in [1.82, 2.24) is 4.90 Å². The van der Waals surface area contributed by atoms with Gasteiger partial charge in [0.05, 0.1) is 18.8 Å². The first-order valence-corrected chi connectivity index (χ1v) is 7.20. The van der Waals surface area contributed by atoms with Crippen LogP contribution in [-0.4, -0.2) is 42.9 Å². The van der Waals surface area contributed by atoms with Gasteiger partial charge in [0.1, 0.15) is 12.0 Å². The van der Waals surface area contributed by atoms with Crippen LogP contribution in [0.5, 0.6) is 0 Å². The number of hydrogen-bond acceptors (Lipinski definition) is 4. The Hall–Kier alpha value is -1.33. The number of ether oxygens (including phenoxy) is 2. The first-order valence-electron chi connectivity index (χ1n) is 7.20. The molecule has 1 aliphatic carbocycles. The first kappa shape index (κ1) is 13.6. The van der Waals surface area contributed by atoms with E-state index in [-0.39, 0.29) is 17.7 Å². The van der Waals surface area contributed by atoms with Crippen molar-refractivity contribution in [1.29, 1.82) is 0 Å². The Bertz CT molecular complexity index is 480. The van der Waals surface area contributed by atoms with Crippen LogP contribution in [0.2, 0.25) is 0 Å². The van der Waals surface area contributed by atoms with E-state index in [1.807, 2.05) is 18.9 Å². The second-order valence-electron chi connectivity index (χ2n) is 5.70. The molecule has 0 aromatic carbocycles. The molecule has 5 nitrogen and oxygen atoms in total. The smallest absolute Gasteiger partial charge is 0.257 e. The number of aryl methyl sites for hydroxylation is 1. The van der Waals surface area contributed by atoms with Gasteiger partial charge in [-0.25, -0.2) is 0 Å². The first-order chi connectivity index (χ1) is 9.60. The molecule has 1 saturated carbocycles. The zero-order chi connectivity index (χ0) is 14.2. The van der Waals surface area contributed by atoms with Gasteiger partial charge in [-0.2, -0.15) is 0 Å². The molecule has 2 aliphatic rings. The topological polar surface area (TPSA) is 51.9 Å². The van der Waals surface area contributed by atoms with Crippen LogP contribution in [0.1, 0.15) is 41.8 Å². The molecular formula is C15H21NO4. The monoisotopic (exact) mass is 279 g/mol. The predicted octanol–water partition coefficient (Wildman–Crippen LogP) is 2.35. The molecule has 1 amide bonds. The van der Waals surface area contributed by atoms with Gasteiger partial charge in [-0.15, -0.1) is 0 Å². The fourth-order valence-corrected chi connectivity index (χ4v) is 3.14. The number of rotatable bonds is 2. The fraction of sp³-hybridized carbons (Fsp3) is 0.667. The van der Waals surface area contributed by atoms with Crippen LogP contribution in [0.3, 0.4) is 0 Å². The molecule has 1 saturated heterocycles. The van der Waals surface area contributed by atoms with Gasteiger partial charge < -0.3 is 18.8 Å². The Morgan fingerprint density at radius 2 is 1.95 bits per heavy atom. The highest BCUT2D eigenvalue weighted by molar-refractivity contribution is 5.94. The van der Waals surface area contributed by atoms with Crippen molar-refractivity contribution in [3.8, 4) is 0 Å². The third kappa shape index (κ3) is 2.47. The van der Waals surface area contributed by atoms with E-state index in [4.69, 9.17) is 13.9 Å². The fourth-order valence-electron chi connectivity index (χ4n) is 3.14. The van der Waals surface area contributed by atoms with Crippen molar-refractivity contribution in [3.63, 3.8) is 0 Å². The van der Waals surface area contributed by atoms with Gasteiger partial charge in [0, 0.05) is 25.9 Å². The Labute approximate surface area is 118 Å². The molecule has 1 aromatic rings. The Kier molecular flexibility index (Phi) is 3.56. The van der Waals surface area contributed by atoms with Crippen molar-refractivity contribution in [3.05, 3.63) is 23.7 Å². The molecule has 3 rings (SSSR count). The van der Waals surface area contributed by atoms with E-state index >= 15 is 0 Å². The molecule has 0 bridgehead atoms. The predicted molar refractivity (Wildman–Crippen MR) is 72.4 cm³/mol. The maximum absolute atomic E-state index is 12.4. The van der Waals surface area contributed by atoms with E-state index in [0.29, 0.717) is 18.8 Å². The van der Waals surface area contributed by atoms with Gasteiger partial charge in [0.25, 0.3) is 5.91 Å². The summed E-state index contributed by atoms with van der Waals surface area (Å²) in [7, 11) is 1.86. The number of hydrogen-bond donors (Lipinski definition) is 0. The average molecular weight is 279 g/mol. The Morgan fingerprint density at radius 1 is 1.30 bits per heavy atom. The van der Waals surface area contributed by atoms with Crippen LogP contribution in [0.25, 0.3) is 0 Å². The van der Waals surface area contributed by atoms with Crippen molar-refractivity contribution >= 4 is 5.91 Å². The minimum Gasteiger partial charge on any atom is -0.469 e. The highest BCUT2D eigenvalue weighted by atomic mass is 16.7. The van der Waals surface area contributed by atoms with Gasteiger partial charge >= 0.3 is 0 Å². The normalized spacial score (nSPS) is 22.3. The standard InChI is InChI=1S/C15H21NO4/c1-11-9-12(10-18-11)14(17)16(2)13-3-5-15(6-4-13)19-7-8-20-15/h9-10,13H,3-8H2,1-2H3. The quantitative estimate of drug-likeness (QED) is 0.834. The largest absolute Gasteiger partial charge is 0.469 e. The summed E-state index contributed by atoms with van der Waals surface area (Å²) in [6.07, 6.45) is 5.08. The van der Waals surface area contributed by atoms with Crippen molar-refractivity contribution in [2.75, 3.05) is 20.3 Å². The summed E-state index contributed by atoms with van der Waals surface area (Å²) in [6.45, 7) is 3.22. The molecule has 1 aromatic heterocycles. The van der Waals surface area contributed by atoms with E-state index in [2.05, 4.69) is 0 Å². The summed E-state index contributed by atoms with van der Waals surface area (Å²) in [5, 5.41) is 0. The zero-order valence-corrected chi connectivity index (χ0v) is 12.1. The number of nitrogens with zero attached hydrogens (tertiary/aromatic N) is 1. The van der Waals surface area contributed by atoms with Crippen LogP contribution in [0.4, 0.5) is 0 Å². The van der Waals surface area contributed by atoms with Crippen LogP contribution in [0, 0.1) is 6.92 Å². The minimum atomic E-state index is -0.368. The van der Waals surface area contributed by atoms with Gasteiger partial charge in [-0.3, -0.25) is 4.79 Å². The summed E-state index contributed by atoms with van der Waals surface area (Å²) in [5.74, 6) is 0.417. The molecule has 0 unspecified atom stereocenters. The second-order valence-corrected chi connectivity index (χ2v) is 5.70. The van der Waals surface area contributed by atoms with E-state index in [0.717, 1.165) is 31.4 Å². The van der Waals surface area contributed by atoms with Crippen molar-refractivity contribution in [2.24, 2.45) is 0 Å². The molecule has 0 N–H and O–H groups in total. The van der Waals surface area contributed by atoms with Crippen LogP contribution >= 0.6 is 0 Å². The maximum atomic E-state index is 12.4. The summed E-state index contributed by atoms with van der Waals surface area (Å²) >= 11 is 0. The lowest BCUT2D eigenvalue weighted by molar-refractivity contribution is -0.182. The SMILES string of the molecule is Cc1cc(C(=O)N(C)C2CCC3(CC2)OCCO3)co1. The lowest BCUT2D eigenvalue weighted by Crippen LogP contribution is -2.44. The number of carbonyl (C=O) groups excluding carboxylic acids is 1. The third-order valence-corrected chi connectivity index (χ3v) is 4.38.